The molecule has 0 aromatic carbocycles. The van der Waals surface area contributed by atoms with Crippen molar-refractivity contribution in [2.75, 3.05) is 0 Å². The summed E-state index contributed by atoms with van der Waals surface area (Å²) in [7, 11) is 0. The van der Waals surface area contributed by atoms with Crippen LogP contribution in [0.4, 0.5) is 0 Å². The third-order valence-electron chi connectivity index (χ3n) is 0.845. The summed E-state index contributed by atoms with van der Waals surface area (Å²) < 4.78 is 1.89. The Balaban J connectivity index is 0.000000490. The van der Waals surface area contributed by atoms with Gasteiger partial charge in [0, 0.05) is 0 Å². The van der Waals surface area contributed by atoms with Crippen molar-refractivity contribution in [3.63, 3.8) is 0 Å². The zero-order valence-corrected chi connectivity index (χ0v) is 5.26. The fraction of sp³-hybridized carbons (Fsp3) is 0.400. The molecule has 2 nitrogen and oxygen atoms in total. The fourth-order valence-electron chi connectivity index (χ4n) is 0.428. The average molecular weight is 102 g/mol. The maximum atomic E-state index is 3.80. The first-order valence-electron chi connectivity index (χ1n) is 2.31. The van der Waals surface area contributed by atoms with Crippen LogP contribution in [0.3, 0.4) is 0 Å². The van der Waals surface area contributed by atoms with Crippen LogP contribution in [0.2, 0.25) is 0 Å². The van der Waals surface area contributed by atoms with Crippen LogP contribution in [0.1, 0.15) is 6.92 Å². The molecule has 0 N–H and O–H groups in total. The summed E-state index contributed by atoms with van der Waals surface area (Å²) in [5, 5.41) is 0. The summed E-state index contributed by atoms with van der Waals surface area (Å²) in [4.78, 5) is 3.80. The normalized spacial score (nSPS) is 8.12. The molecule has 0 unspecified atom stereocenters. The average Bonchev–Trinajstić information content (AvgIpc) is 2.14. The van der Waals surface area contributed by atoms with Crippen molar-refractivity contribution in [1.82, 2.24) is 9.55 Å². The van der Waals surface area contributed by atoms with Crippen LogP contribution in [0.5, 0.6) is 0 Å². The van der Waals surface area contributed by atoms with E-state index in [0.29, 0.717) is 0 Å². The van der Waals surface area contributed by atoms with Gasteiger partial charge in [-0.05, 0) is 6.54 Å². The zero-order valence-electron chi connectivity index (χ0n) is 5.26. The molecule has 0 bridgehead atoms. The van der Waals surface area contributed by atoms with Crippen LogP contribution >= 0.6 is 0 Å². The van der Waals surface area contributed by atoms with E-state index in [1.165, 1.54) is 0 Å². The molecule has 1 aromatic heterocycles. The van der Waals surface area contributed by atoms with Crippen molar-refractivity contribution in [2.24, 2.45) is 0 Å². The number of hydrogen-bond acceptors (Lipinski definition) is 1. The van der Waals surface area contributed by atoms with E-state index in [0.717, 1.165) is 6.54 Å². The predicted octanol–water partition coefficient (Wildman–Crippen LogP) is -2.29. The van der Waals surface area contributed by atoms with Crippen molar-refractivity contribution < 1.29 is 18.9 Å². The molecule has 0 atom stereocenters. The minimum atomic E-state index is 0. The Labute approximate surface area is 61.1 Å². The van der Waals surface area contributed by atoms with Crippen LogP contribution in [0.25, 0.3) is 0 Å². The van der Waals surface area contributed by atoms with Gasteiger partial charge in [0.2, 0.25) is 0 Å². The number of hydrogen-bond donors (Lipinski definition) is 0. The fourth-order valence-corrected chi connectivity index (χ4v) is 0.428. The van der Waals surface area contributed by atoms with Crippen LogP contribution in [0.15, 0.2) is 12.5 Å². The van der Waals surface area contributed by atoms with Crippen LogP contribution in [-0.4, -0.2) is 9.55 Å². The topological polar surface area (TPSA) is 17.8 Å². The second kappa shape index (κ2) is 3.77. The maximum Gasteiger partial charge on any atom is 1.00 e. The van der Waals surface area contributed by atoms with Crippen molar-refractivity contribution in [3.05, 3.63) is 18.7 Å². The zero-order chi connectivity index (χ0) is 5.11. The minimum Gasteiger partial charge on any atom is -0.501 e. The third kappa shape index (κ3) is 1.73. The Hall–Kier alpha value is -0.193. The quantitative estimate of drug-likeness (QED) is 0.288. The Morgan fingerprint density at radius 2 is 2.50 bits per heavy atom. The van der Waals surface area contributed by atoms with Crippen LogP contribution in [0, 0.1) is 6.20 Å². The Bertz CT molecular complexity index is 125. The molecule has 0 saturated carbocycles. The molecule has 0 radical (unpaired) electrons. The summed E-state index contributed by atoms with van der Waals surface area (Å²) in [5.41, 5.74) is 0. The molecule has 0 spiro atoms. The van der Waals surface area contributed by atoms with Gasteiger partial charge in [0.15, 0.2) is 0 Å². The Kier molecular flexibility index (Phi) is 3.68. The molecule has 1 heterocycles. The van der Waals surface area contributed by atoms with E-state index in [-0.39, 0.29) is 18.9 Å². The van der Waals surface area contributed by atoms with E-state index in [9.17, 15) is 0 Å². The molecule has 0 amide bonds. The molecule has 38 valence electrons. The molecule has 1 rings (SSSR count). The number of aromatic nitrogens is 2. The first kappa shape index (κ1) is 7.81. The van der Waals surface area contributed by atoms with Gasteiger partial charge in [0.25, 0.3) is 0 Å². The van der Waals surface area contributed by atoms with Crippen LogP contribution in [-0.2, 0) is 6.54 Å². The van der Waals surface area contributed by atoms with Gasteiger partial charge in [-0.1, -0.05) is 19.4 Å². The molecule has 0 aliphatic heterocycles. The molecule has 8 heavy (non-hydrogen) atoms. The van der Waals surface area contributed by atoms with E-state index < -0.39 is 0 Å². The van der Waals surface area contributed by atoms with Gasteiger partial charge in [-0.2, -0.15) is 6.20 Å². The second-order valence-electron chi connectivity index (χ2n) is 1.31. The van der Waals surface area contributed by atoms with E-state index in [1.54, 1.807) is 12.5 Å². The van der Waals surface area contributed by atoms with Gasteiger partial charge in [-0.25, -0.2) is 0 Å². The first-order valence-corrected chi connectivity index (χ1v) is 2.31. The molecule has 0 aliphatic rings. The SMILES string of the molecule is CCn1[c-]cnc1.[Li+]. The van der Waals surface area contributed by atoms with Gasteiger partial charge in [-0.3, -0.25) is 0 Å². The number of rotatable bonds is 1. The number of aryl methyl sites for hydroxylation is 1. The monoisotopic (exact) mass is 102 g/mol. The van der Waals surface area contributed by atoms with Crippen molar-refractivity contribution in [3.8, 4) is 0 Å². The van der Waals surface area contributed by atoms with Gasteiger partial charge in [0.1, 0.15) is 0 Å². The summed E-state index contributed by atoms with van der Waals surface area (Å²) in [6.07, 6.45) is 6.30. The van der Waals surface area contributed by atoms with Gasteiger partial charge < -0.3 is 9.55 Å². The van der Waals surface area contributed by atoms with Crippen molar-refractivity contribution >= 4 is 0 Å². The summed E-state index contributed by atoms with van der Waals surface area (Å²) >= 11 is 0. The molecule has 3 heteroatoms. The van der Waals surface area contributed by atoms with Crippen LogP contribution < -0.4 is 18.9 Å². The molecule has 0 saturated heterocycles. The van der Waals surface area contributed by atoms with E-state index in [2.05, 4.69) is 18.1 Å². The van der Waals surface area contributed by atoms with Gasteiger partial charge >= 0.3 is 18.9 Å². The Morgan fingerprint density at radius 1 is 1.75 bits per heavy atom. The van der Waals surface area contributed by atoms with E-state index in [1.807, 2.05) is 4.57 Å². The summed E-state index contributed by atoms with van der Waals surface area (Å²) in [5.74, 6) is 0. The molecular formula is C5H7LiN2. The third-order valence-corrected chi connectivity index (χ3v) is 0.845. The minimum absolute atomic E-state index is 0. The largest absolute Gasteiger partial charge is 1.00 e. The van der Waals surface area contributed by atoms with E-state index in [4.69, 9.17) is 0 Å². The first-order chi connectivity index (χ1) is 3.43. The van der Waals surface area contributed by atoms with Gasteiger partial charge in [-0.15, -0.1) is 0 Å². The van der Waals surface area contributed by atoms with Crippen molar-refractivity contribution in [1.29, 1.82) is 0 Å². The Morgan fingerprint density at radius 3 is 2.75 bits per heavy atom. The second-order valence-corrected chi connectivity index (χ2v) is 1.31. The predicted molar refractivity (Wildman–Crippen MR) is 26.7 cm³/mol. The molecule has 0 fully saturated rings. The summed E-state index contributed by atoms with van der Waals surface area (Å²) in [6.45, 7) is 3.01. The van der Waals surface area contributed by atoms with E-state index >= 15 is 0 Å². The molecule has 1 aromatic rings. The van der Waals surface area contributed by atoms with Gasteiger partial charge in [0.05, 0.1) is 0 Å². The number of nitrogens with zero attached hydrogens (tertiary/aromatic N) is 2. The standard InChI is InChI=1S/C5H7N2.Li/c1-2-7-4-3-6-5-7;/h3,5H,2H2,1H3;/q-1;+1. The number of imidazole rings is 1. The maximum absolute atomic E-state index is 3.80. The molecule has 0 aliphatic carbocycles. The molecular weight excluding hydrogens is 95.0 g/mol. The smallest absolute Gasteiger partial charge is 0.501 e. The van der Waals surface area contributed by atoms with Crippen molar-refractivity contribution in [2.45, 2.75) is 13.5 Å². The summed E-state index contributed by atoms with van der Waals surface area (Å²) in [6, 6.07) is 0.